The van der Waals surface area contributed by atoms with Crippen LogP contribution in [0.15, 0.2) is 21.6 Å². The van der Waals surface area contributed by atoms with E-state index >= 15 is 0 Å². The van der Waals surface area contributed by atoms with Gasteiger partial charge >= 0.3 is 0 Å². The molecule has 4 nitrogen and oxygen atoms in total. The number of aryl methyl sites for hydroxylation is 1. The molecule has 0 saturated carbocycles. The average Bonchev–Trinajstić information content (AvgIpc) is 2.34. The average molecular weight is 221 g/mol. The number of hydrogen-bond donors (Lipinski definition) is 1. The van der Waals surface area contributed by atoms with Crippen LogP contribution in [0.25, 0.3) is 0 Å². The fraction of sp³-hybridized carbons (Fsp3) is 0.429. The second-order valence-electron chi connectivity index (χ2n) is 2.56. The summed E-state index contributed by atoms with van der Waals surface area (Å²) in [6.45, 7) is 1.83. The lowest BCUT2D eigenvalue weighted by Gasteiger charge is -1.97. The first kappa shape index (κ1) is 10.6. The van der Waals surface area contributed by atoms with Gasteiger partial charge in [0.1, 0.15) is 5.76 Å². The molecule has 6 heteroatoms. The van der Waals surface area contributed by atoms with E-state index < -0.39 is 10.0 Å². The van der Waals surface area contributed by atoms with Crippen molar-refractivity contribution in [3.8, 4) is 0 Å². The van der Waals surface area contributed by atoms with Gasteiger partial charge in [-0.25, -0.2) is 13.6 Å². The predicted molar refractivity (Wildman–Crippen MR) is 52.1 cm³/mol. The van der Waals surface area contributed by atoms with Gasteiger partial charge in [0.2, 0.25) is 10.0 Å². The molecule has 0 aliphatic heterocycles. The fourth-order valence-electron chi connectivity index (χ4n) is 0.791. The standard InChI is InChI=1S/C7H11NO3S2/c1-6-7(2-3-11-6)12-4-5-13(8,9)10/h2-3H,4-5H2,1H3,(H2,8,9,10). The molecule has 0 aliphatic carbocycles. The van der Waals surface area contributed by atoms with Gasteiger partial charge in [-0.2, -0.15) is 0 Å². The van der Waals surface area contributed by atoms with E-state index in [9.17, 15) is 8.42 Å². The largest absolute Gasteiger partial charge is 0.468 e. The second kappa shape index (κ2) is 4.17. The Morgan fingerprint density at radius 3 is 2.77 bits per heavy atom. The van der Waals surface area contributed by atoms with Crippen molar-refractivity contribution in [2.45, 2.75) is 11.8 Å². The summed E-state index contributed by atoms with van der Waals surface area (Å²) in [4.78, 5) is 0.962. The van der Waals surface area contributed by atoms with E-state index in [0.29, 0.717) is 5.75 Å². The van der Waals surface area contributed by atoms with Crippen LogP contribution in [0.4, 0.5) is 0 Å². The van der Waals surface area contributed by atoms with E-state index in [4.69, 9.17) is 9.56 Å². The molecule has 0 amide bonds. The molecule has 0 unspecified atom stereocenters. The van der Waals surface area contributed by atoms with Crippen LogP contribution < -0.4 is 5.14 Å². The first-order valence-corrected chi connectivity index (χ1v) is 6.36. The Labute approximate surface area is 81.5 Å². The van der Waals surface area contributed by atoms with E-state index in [1.54, 1.807) is 6.26 Å². The fourth-order valence-corrected chi connectivity index (χ4v) is 2.68. The van der Waals surface area contributed by atoms with Crippen LogP contribution in [0.1, 0.15) is 5.76 Å². The number of thioether (sulfide) groups is 1. The van der Waals surface area contributed by atoms with Gasteiger partial charge in [-0.15, -0.1) is 11.8 Å². The molecule has 13 heavy (non-hydrogen) atoms. The number of nitrogens with two attached hydrogens (primary N) is 1. The quantitative estimate of drug-likeness (QED) is 0.769. The Bertz CT molecular complexity index is 369. The maximum absolute atomic E-state index is 10.6. The zero-order valence-electron chi connectivity index (χ0n) is 7.19. The van der Waals surface area contributed by atoms with Crippen molar-refractivity contribution in [2.75, 3.05) is 11.5 Å². The van der Waals surface area contributed by atoms with Crippen LogP contribution in [0, 0.1) is 6.92 Å². The maximum Gasteiger partial charge on any atom is 0.209 e. The molecular formula is C7H11NO3S2. The highest BCUT2D eigenvalue weighted by Gasteiger charge is 2.05. The van der Waals surface area contributed by atoms with Crippen molar-refractivity contribution < 1.29 is 12.8 Å². The molecular weight excluding hydrogens is 210 g/mol. The zero-order chi connectivity index (χ0) is 9.90. The van der Waals surface area contributed by atoms with Crippen molar-refractivity contribution in [2.24, 2.45) is 5.14 Å². The van der Waals surface area contributed by atoms with E-state index in [1.165, 1.54) is 11.8 Å². The molecule has 0 bridgehead atoms. The molecule has 0 fully saturated rings. The van der Waals surface area contributed by atoms with Gasteiger partial charge < -0.3 is 4.42 Å². The van der Waals surface area contributed by atoms with Crippen LogP contribution >= 0.6 is 11.8 Å². The monoisotopic (exact) mass is 221 g/mol. The minimum atomic E-state index is -3.34. The maximum atomic E-state index is 10.6. The van der Waals surface area contributed by atoms with Crippen molar-refractivity contribution in [1.82, 2.24) is 0 Å². The minimum absolute atomic E-state index is 0.0116. The Morgan fingerprint density at radius 2 is 2.31 bits per heavy atom. The molecule has 1 aromatic rings. The van der Waals surface area contributed by atoms with Crippen LogP contribution in [0.3, 0.4) is 0 Å². The number of hydrogen-bond acceptors (Lipinski definition) is 4. The van der Waals surface area contributed by atoms with Crippen molar-refractivity contribution in [3.05, 3.63) is 18.1 Å². The van der Waals surface area contributed by atoms with Crippen LogP contribution in [-0.2, 0) is 10.0 Å². The van der Waals surface area contributed by atoms with Gasteiger partial charge in [-0.3, -0.25) is 0 Å². The lowest BCUT2D eigenvalue weighted by Crippen LogP contribution is -2.17. The third-order valence-electron chi connectivity index (χ3n) is 1.44. The molecule has 1 rings (SSSR count). The van der Waals surface area contributed by atoms with E-state index in [0.717, 1.165) is 10.7 Å². The molecule has 1 heterocycles. The number of primary sulfonamides is 1. The summed E-state index contributed by atoms with van der Waals surface area (Å²) >= 11 is 1.43. The normalized spacial score (nSPS) is 11.8. The lowest BCUT2D eigenvalue weighted by atomic mass is 10.5. The molecule has 0 atom stereocenters. The van der Waals surface area contributed by atoms with Gasteiger partial charge in [0.15, 0.2) is 0 Å². The summed E-state index contributed by atoms with van der Waals surface area (Å²) in [5.41, 5.74) is 0. The molecule has 0 aliphatic rings. The van der Waals surface area contributed by atoms with Crippen LogP contribution in [-0.4, -0.2) is 19.9 Å². The van der Waals surface area contributed by atoms with E-state index in [-0.39, 0.29) is 5.75 Å². The summed E-state index contributed by atoms with van der Waals surface area (Å²) in [6, 6.07) is 1.81. The summed E-state index contributed by atoms with van der Waals surface area (Å²) < 4.78 is 26.2. The van der Waals surface area contributed by atoms with E-state index in [1.807, 2.05) is 13.0 Å². The Balaban J connectivity index is 2.41. The molecule has 1 aromatic heterocycles. The van der Waals surface area contributed by atoms with Crippen molar-refractivity contribution in [1.29, 1.82) is 0 Å². The first-order chi connectivity index (χ1) is 5.99. The smallest absolute Gasteiger partial charge is 0.209 e. The highest BCUT2D eigenvalue weighted by molar-refractivity contribution is 8.00. The summed E-state index contributed by atoms with van der Waals surface area (Å²) in [5.74, 6) is 1.25. The Hall–Kier alpha value is -0.460. The molecule has 74 valence electrons. The number of furan rings is 1. The third kappa shape index (κ3) is 3.84. The molecule has 0 saturated heterocycles. The predicted octanol–water partition coefficient (Wildman–Crippen LogP) is 0.969. The minimum Gasteiger partial charge on any atom is -0.468 e. The van der Waals surface area contributed by atoms with Gasteiger partial charge in [0.05, 0.1) is 12.0 Å². The van der Waals surface area contributed by atoms with Crippen molar-refractivity contribution >= 4 is 21.8 Å². The number of rotatable bonds is 4. The third-order valence-corrected chi connectivity index (χ3v) is 3.61. The second-order valence-corrected chi connectivity index (χ2v) is 5.43. The Morgan fingerprint density at radius 1 is 1.62 bits per heavy atom. The SMILES string of the molecule is Cc1occc1SCCS(N)(=O)=O. The van der Waals surface area contributed by atoms with Crippen LogP contribution in [0.2, 0.25) is 0 Å². The summed E-state index contributed by atoms with van der Waals surface area (Å²) in [6.07, 6.45) is 1.58. The molecule has 0 radical (unpaired) electrons. The lowest BCUT2D eigenvalue weighted by molar-refractivity contribution is 0.527. The Kier molecular flexibility index (Phi) is 3.40. The molecule has 0 aromatic carbocycles. The zero-order valence-corrected chi connectivity index (χ0v) is 8.82. The molecule has 0 spiro atoms. The van der Waals surface area contributed by atoms with Gasteiger partial charge in [-0.05, 0) is 13.0 Å². The van der Waals surface area contributed by atoms with Crippen molar-refractivity contribution in [3.63, 3.8) is 0 Å². The van der Waals surface area contributed by atoms with Gasteiger partial charge in [0, 0.05) is 10.6 Å². The first-order valence-electron chi connectivity index (χ1n) is 3.66. The molecule has 2 N–H and O–H groups in total. The highest BCUT2D eigenvalue weighted by Crippen LogP contribution is 2.22. The van der Waals surface area contributed by atoms with Crippen LogP contribution in [0.5, 0.6) is 0 Å². The summed E-state index contributed by atoms with van der Waals surface area (Å²) in [5, 5.41) is 4.85. The van der Waals surface area contributed by atoms with E-state index in [2.05, 4.69) is 0 Å². The highest BCUT2D eigenvalue weighted by atomic mass is 32.2. The van der Waals surface area contributed by atoms with Gasteiger partial charge in [0.25, 0.3) is 0 Å². The summed E-state index contributed by atoms with van der Waals surface area (Å²) in [7, 11) is -3.34. The number of sulfonamides is 1. The van der Waals surface area contributed by atoms with Gasteiger partial charge in [-0.1, -0.05) is 0 Å². The topological polar surface area (TPSA) is 73.3 Å².